The predicted molar refractivity (Wildman–Crippen MR) is 151 cm³/mol. The van der Waals surface area contributed by atoms with Gasteiger partial charge < -0.3 is 15.1 Å². The molecule has 0 spiro atoms. The van der Waals surface area contributed by atoms with E-state index in [0.29, 0.717) is 28.3 Å². The molecule has 2 heterocycles. The summed E-state index contributed by atoms with van der Waals surface area (Å²) in [4.78, 5) is 14.4. The van der Waals surface area contributed by atoms with Crippen molar-refractivity contribution in [2.24, 2.45) is 0 Å². The zero-order valence-corrected chi connectivity index (χ0v) is 22.9. The summed E-state index contributed by atoms with van der Waals surface area (Å²) in [5.41, 5.74) is 8.46. The molecule has 1 fully saturated rings. The second kappa shape index (κ2) is 10.0. The van der Waals surface area contributed by atoms with Gasteiger partial charge in [0.1, 0.15) is 16.7 Å². The maximum Gasteiger partial charge on any atom is 0.307 e. The second-order valence-electron chi connectivity index (χ2n) is 9.91. The van der Waals surface area contributed by atoms with Gasteiger partial charge in [-0.3, -0.25) is 9.10 Å². The van der Waals surface area contributed by atoms with Gasteiger partial charge in [-0.05, 0) is 96.8 Å². The van der Waals surface area contributed by atoms with E-state index in [0.717, 1.165) is 46.6 Å². The molecule has 0 saturated carbocycles. The van der Waals surface area contributed by atoms with E-state index in [1.807, 2.05) is 18.2 Å². The van der Waals surface area contributed by atoms with Crippen LogP contribution in [0.4, 0.5) is 11.4 Å². The molecule has 1 unspecified atom stereocenters. The van der Waals surface area contributed by atoms with Crippen LogP contribution in [0, 0.1) is 13.8 Å². The number of aromatic hydroxyl groups is 1. The first-order chi connectivity index (χ1) is 17.7. The van der Waals surface area contributed by atoms with E-state index in [9.17, 15) is 19.2 Å². The van der Waals surface area contributed by atoms with Gasteiger partial charge in [-0.2, -0.15) is 0 Å². The van der Waals surface area contributed by atoms with Crippen molar-refractivity contribution >= 4 is 39.9 Å². The Hall–Kier alpha value is -3.03. The fraction of sp³-hybridized carbons (Fsp3) is 0.345. The topological polar surface area (TPSA) is 81.1 Å². The molecule has 1 saturated heterocycles. The maximum atomic E-state index is 13.1. The molecule has 3 aromatic rings. The van der Waals surface area contributed by atoms with E-state index < -0.39 is 17.0 Å². The molecule has 3 aromatic carbocycles. The smallest absolute Gasteiger partial charge is 0.307 e. The van der Waals surface area contributed by atoms with Crippen molar-refractivity contribution in [1.82, 2.24) is 0 Å². The van der Waals surface area contributed by atoms with E-state index >= 15 is 0 Å². The highest BCUT2D eigenvalue weighted by molar-refractivity contribution is 7.85. The lowest BCUT2D eigenvalue weighted by Gasteiger charge is -2.36. The van der Waals surface area contributed by atoms with Crippen molar-refractivity contribution in [3.05, 3.63) is 63.7 Å². The molecule has 0 radical (unpaired) electrons. The van der Waals surface area contributed by atoms with Gasteiger partial charge >= 0.3 is 5.97 Å². The summed E-state index contributed by atoms with van der Waals surface area (Å²) in [7, 11) is -1.32. The van der Waals surface area contributed by atoms with Crippen molar-refractivity contribution < 1.29 is 19.2 Å². The highest BCUT2D eigenvalue weighted by atomic mass is 35.5. The Bertz CT molecular complexity index is 1430. The minimum Gasteiger partial charge on any atom is -0.507 e. The number of halogens is 1. The van der Waals surface area contributed by atoms with Crippen LogP contribution < -0.4 is 9.21 Å². The fourth-order valence-corrected chi connectivity index (χ4v) is 6.87. The van der Waals surface area contributed by atoms with Gasteiger partial charge in [0.2, 0.25) is 0 Å². The third kappa shape index (κ3) is 4.59. The molecule has 0 amide bonds. The van der Waals surface area contributed by atoms with Crippen molar-refractivity contribution in [1.29, 1.82) is 0 Å². The summed E-state index contributed by atoms with van der Waals surface area (Å²) in [6, 6.07) is 11.4. The lowest BCUT2D eigenvalue weighted by molar-refractivity contribution is -0.136. The number of nitrogens with zero attached hydrogens (tertiary/aromatic N) is 2. The van der Waals surface area contributed by atoms with Gasteiger partial charge in [0.15, 0.2) is 0 Å². The fourth-order valence-electron chi connectivity index (χ4n) is 5.90. The molecule has 0 bridgehead atoms. The number of carboxylic acids is 1. The van der Waals surface area contributed by atoms with Gasteiger partial charge in [0.25, 0.3) is 0 Å². The summed E-state index contributed by atoms with van der Waals surface area (Å²) in [5.74, 6) is -0.974. The van der Waals surface area contributed by atoms with Gasteiger partial charge in [0.05, 0.1) is 18.7 Å². The van der Waals surface area contributed by atoms with Crippen LogP contribution in [0.1, 0.15) is 41.5 Å². The summed E-state index contributed by atoms with van der Waals surface area (Å²) >= 11 is 6.12. The van der Waals surface area contributed by atoms with Crippen LogP contribution in [0.15, 0.2) is 36.4 Å². The Kier molecular flexibility index (Phi) is 6.94. The second-order valence-corrected chi connectivity index (χ2v) is 11.6. The molecular formula is C29H31ClN2O4S. The highest BCUT2D eigenvalue weighted by Crippen LogP contribution is 2.51. The Balaban J connectivity index is 1.80. The van der Waals surface area contributed by atoms with E-state index in [2.05, 4.69) is 23.1 Å². The molecule has 2 aliphatic heterocycles. The monoisotopic (exact) mass is 538 g/mol. The number of rotatable bonds is 5. The lowest BCUT2D eigenvalue weighted by atomic mass is 9.80. The number of carbonyl (C=O) groups is 1. The van der Waals surface area contributed by atoms with Crippen LogP contribution in [-0.4, -0.2) is 39.7 Å². The van der Waals surface area contributed by atoms with Crippen molar-refractivity contribution in [3.63, 3.8) is 0 Å². The third-order valence-electron chi connectivity index (χ3n) is 7.61. The van der Waals surface area contributed by atoms with E-state index in [-0.39, 0.29) is 12.2 Å². The summed E-state index contributed by atoms with van der Waals surface area (Å²) in [6.07, 6.45) is 5.07. The van der Waals surface area contributed by atoms with Crippen LogP contribution >= 0.6 is 11.6 Å². The van der Waals surface area contributed by atoms with E-state index in [4.69, 9.17) is 11.6 Å². The average Bonchev–Trinajstić information content (AvgIpc) is 2.87. The van der Waals surface area contributed by atoms with Crippen LogP contribution in [-0.2, 0) is 28.7 Å². The molecule has 5 rings (SSSR count). The number of piperidine rings is 1. The molecule has 8 heteroatoms. The quantitative estimate of drug-likeness (QED) is 0.402. The van der Waals surface area contributed by atoms with Crippen molar-refractivity contribution in [3.8, 4) is 28.0 Å². The Labute approximate surface area is 225 Å². The van der Waals surface area contributed by atoms with Crippen molar-refractivity contribution in [2.75, 3.05) is 28.6 Å². The van der Waals surface area contributed by atoms with E-state index in [1.165, 1.54) is 31.0 Å². The molecule has 2 aliphatic rings. The molecule has 1 atom stereocenters. The number of phenols is 1. The number of fused-ring (bicyclic) bond motifs is 3. The number of hydrogen-bond acceptors (Lipinski definition) is 4. The Morgan fingerprint density at radius 3 is 2.35 bits per heavy atom. The summed E-state index contributed by atoms with van der Waals surface area (Å²) in [6.45, 7) is 6.40. The number of carboxylic acid groups (broad SMARTS) is 1. The predicted octanol–water partition coefficient (Wildman–Crippen LogP) is 6.23. The number of anilines is 2. The minimum atomic E-state index is -1.32. The Morgan fingerprint density at radius 1 is 1.00 bits per heavy atom. The molecule has 6 nitrogen and oxygen atoms in total. The average molecular weight is 539 g/mol. The Morgan fingerprint density at radius 2 is 1.70 bits per heavy atom. The number of phenolic OH excluding ortho intramolecular Hbond substituents is 1. The zero-order chi connectivity index (χ0) is 26.4. The SMILES string of the molecule is Cc1c(-c2ccc(Cl)cc2O)c(CC(=O)O)c(C)c2c1-c1ccc(N3CCCCC3)cc1CN2S(C)=O. The van der Waals surface area contributed by atoms with Gasteiger partial charge in [-0.25, -0.2) is 4.21 Å². The minimum absolute atomic E-state index is 0.00556. The van der Waals surface area contributed by atoms with Gasteiger partial charge in [-0.15, -0.1) is 0 Å². The highest BCUT2D eigenvalue weighted by Gasteiger charge is 2.32. The van der Waals surface area contributed by atoms with Crippen LogP contribution in [0.25, 0.3) is 22.3 Å². The lowest BCUT2D eigenvalue weighted by Crippen LogP contribution is -2.31. The molecule has 2 N–H and O–H groups in total. The summed E-state index contributed by atoms with van der Waals surface area (Å²) < 4.78 is 14.9. The zero-order valence-electron chi connectivity index (χ0n) is 21.3. The number of aliphatic carboxylic acids is 1. The molecule has 0 aliphatic carbocycles. The van der Waals surface area contributed by atoms with Crippen LogP contribution in [0.3, 0.4) is 0 Å². The largest absolute Gasteiger partial charge is 0.507 e. The first kappa shape index (κ1) is 25.6. The molecule has 37 heavy (non-hydrogen) atoms. The first-order valence-electron chi connectivity index (χ1n) is 12.5. The number of hydrogen-bond donors (Lipinski definition) is 2. The third-order valence-corrected chi connectivity index (χ3v) is 8.77. The molecular weight excluding hydrogens is 508 g/mol. The van der Waals surface area contributed by atoms with E-state index in [1.54, 1.807) is 18.4 Å². The molecule has 0 aromatic heterocycles. The molecule has 194 valence electrons. The van der Waals surface area contributed by atoms with Gasteiger partial charge in [-0.1, -0.05) is 17.7 Å². The van der Waals surface area contributed by atoms with Crippen molar-refractivity contribution in [2.45, 2.75) is 46.1 Å². The van der Waals surface area contributed by atoms with Gasteiger partial charge in [0, 0.05) is 41.2 Å². The first-order valence-corrected chi connectivity index (χ1v) is 14.4. The number of benzene rings is 3. The standard InChI is InChI=1S/C29H31ClN2O4S/c1-17-24(15-26(34)35)27(23-9-7-20(30)14-25(23)33)18(2)28-22-10-8-21(31-11-5-4-6-12-31)13-19(22)16-32(29(17)28)37(3)36/h7-10,13-14,33H,4-6,11-12,15-16H2,1-3H3,(H,34,35). The van der Waals surface area contributed by atoms with Crippen LogP contribution in [0.5, 0.6) is 5.75 Å². The van der Waals surface area contributed by atoms with Crippen LogP contribution in [0.2, 0.25) is 5.02 Å². The summed E-state index contributed by atoms with van der Waals surface area (Å²) in [5, 5.41) is 21.0. The maximum absolute atomic E-state index is 13.1. The normalized spacial score (nSPS) is 15.8.